The second-order valence-electron chi connectivity index (χ2n) is 7.36. The summed E-state index contributed by atoms with van der Waals surface area (Å²) in [5, 5.41) is 5.84. The van der Waals surface area contributed by atoms with E-state index in [2.05, 4.69) is 10.6 Å². The Morgan fingerprint density at radius 3 is 2.52 bits per heavy atom. The van der Waals surface area contributed by atoms with Crippen LogP contribution in [0, 0.1) is 0 Å². The first kappa shape index (κ1) is 22.4. The standard InChI is InChI=1S/C25H22ClN3O4/c1-2-33-22-14-8-6-12-19(22)27-23(30)15-21-24(31)28-18-11-5-7-13-20(18)29(21)25(32)16-9-3-4-10-17(16)26/h3-14,21H,2,15H2,1H3,(H,27,30)(H,28,31)/t21-/m1/s1. The molecule has 1 aliphatic rings. The molecule has 1 aliphatic heterocycles. The maximum absolute atomic E-state index is 13.5. The third kappa shape index (κ3) is 4.68. The molecule has 4 rings (SSSR count). The molecule has 0 bridgehead atoms. The molecule has 168 valence electrons. The van der Waals surface area contributed by atoms with Gasteiger partial charge in [-0.25, -0.2) is 0 Å². The number of rotatable bonds is 6. The maximum Gasteiger partial charge on any atom is 0.260 e. The molecule has 3 aromatic carbocycles. The molecule has 0 saturated carbocycles. The Bertz CT molecular complexity index is 1210. The highest BCUT2D eigenvalue weighted by Crippen LogP contribution is 2.35. The molecule has 0 aliphatic carbocycles. The maximum atomic E-state index is 13.5. The fourth-order valence-electron chi connectivity index (χ4n) is 3.72. The molecule has 2 N–H and O–H groups in total. The molecule has 0 unspecified atom stereocenters. The molecular formula is C25H22ClN3O4. The van der Waals surface area contributed by atoms with Gasteiger partial charge in [0.05, 0.1) is 40.7 Å². The van der Waals surface area contributed by atoms with E-state index in [0.29, 0.717) is 29.4 Å². The average Bonchev–Trinajstić information content (AvgIpc) is 2.81. The van der Waals surface area contributed by atoms with E-state index >= 15 is 0 Å². The van der Waals surface area contributed by atoms with Crippen LogP contribution in [0.1, 0.15) is 23.7 Å². The molecular weight excluding hydrogens is 442 g/mol. The van der Waals surface area contributed by atoms with Crippen LogP contribution in [-0.2, 0) is 9.59 Å². The number of nitrogens with zero attached hydrogens (tertiary/aromatic N) is 1. The van der Waals surface area contributed by atoms with Crippen LogP contribution in [0.5, 0.6) is 5.75 Å². The molecule has 0 aromatic heterocycles. The Hall–Kier alpha value is -3.84. The molecule has 1 atom stereocenters. The van der Waals surface area contributed by atoms with E-state index in [1.54, 1.807) is 72.8 Å². The van der Waals surface area contributed by atoms with Crippen molar-refractivity contribution < 1.29 is 19.1 Å². The minimum atomic E-state index is -1.07. The molecule has 0 fully saturated rings. The van der Waals surface area contributed by atoms with Crippen molar-refractivity contribution in [3.63, 3.8) is 0 Å². The van der Waals surface area contributed by atoms with Crippen molar-refractivity contribution in [3.05, 3.63) is 83.4 Å². The van der Waals surface area contributed by atoms with E-state index in [1.165, 1.54) is 4.90 Å². The fourth-order valence-corrected chi connectivity index (χ4v) is 3.93. The number of hydrogen-bond acceptors (Lipinski definition) is 4. The zero-order chi connectivity index (χ0) is 23.4. The van der Waals surface area contributed by atoms with E-state index in [0.717, 1.165) is 0 Å². The van der Waals surface area contributed by atoms with Crippen molar-refractivity contribution in [2.24, 2.45) is 0 Å². The van der Waals surface area contributed by atoms with Crippen LogP contribution in [0.15, 0.2) is 72.8 Å². The molecule has 7 nitrogen and oxygen atoms in total. The van der Waals surface area contributed by atoms with Gasteiger partial charge in [0.1, 0.15) is 11.8 Å². The predicted octanol–water partition coefficient (Wildman–Crippen LogP) is 4.74. The molecule has 33 heavy (non-hydrogen) atoms. The second-order valence-corrected chi connectivity index (χ2v) is 7.77. The minimum Gasteiger partial charge on any atom is -0.492 e. The number of carbonyl (C=O) groups excluding carboxylic acids is 3. The summed E-state index contributed by atoms with van der Waals surface area (Å²) in [7, 11) is 0. The lowest BCUT2D eigenvalue weighted by atomic mass is 10.0. The summed E-state index contributed by atoms with van der Waals surface area (Å²) in [5.41, 5.74) is 1.72. The van der Waals surface area contributed by atoms with E-state index in [9.17, 15) is 14.4 Å². The molecule has 8 heteroatoms. The number of hydrogen-bond donors (Lipinski definition) is 2. The monoisotopic (exact) mass is 463 g/mol. The number of ether oxygens (including phenoxy) is 1. The molecule has 0 saturated heterocycles. The van der Waals surface area contributed by atoms with Gasteiger partial charge in [-0.05, 0) is 43.3 Å². The van der Waals surface area contributed by atoms with Crippen molar-refractivity contribution in [2.75, 3.05) is 22.1 Å². The largest absolute Gasteiger partial charge is 0.492 e. The van der Waals surface area contributed by atoms with Crippen LogP contribution < -0.4 is 20.3 Å². The Morgan fingerprint density at radius 1 is 1.03 bits per heavy atom. The summed E-state index contributed by atoms with van der Waals surface area (Å²) in [5.74, 6) is -0.827. The quantitative estimate of drug-likeness (QED) is 0.553. The summed E-state index contributed by atoms with van der Waals surface area (Å²) >= 11 is 6.27. The number of nitrogens with one attached hydrogen (secondary N) is 2. The fraction of sp³-hybridized carbons (Fsp3) is 0.160. The Labute approximate surface area is 196 Å². The lowest BCUT2D eigenvalue weighted by molar-refractivity contribution is -0.122. The number of para-hydroxylation sites is 4. The zero-order valence-electron chi connectivity index (χ0n) is 17.9. The topological polar surface area (TPSA) is 87.7 Å². The number of halogens is 1. The minimum absolute atomic E-state index is 0.246. The van der Waals surface area contributed by atoms with Crippen molar-refractivity contribution >= 4 is 46.4 Å². The van der Waals surface area contributed by atoms with Gasteiger partial charge in [0.15, 0.2) is 0 Å². The van der Waals surface area contributed by atoms with E-state index < -0.39 is 23.8 Å². The highest BCUT2D eigenvalue weighted by Gasteiger charge is 2.39. The summed E-state index contributed by atoms with van der Waals surface area (Å²) in [4.78, 5) is 40.8. The summed E-state index contributed by atoms with van der Waals surface area (Å²) < 4.78 is 5.55. The normalized spacial score (nSPS) is 14.8. The van der Waals surface area contributed by atoms with Crippen LogP contribution in [0.25, 0.3) is 0 Å². The number of amides is 3. The molecule has 0 radical (unpaired) electrons. The lowest BCUT2D eigenvalue weighted by Crippen LogP contribution is -2.52. The highest BCUT2D eigenvalue weighted by molar-refractivity contribution is 6.35. The first-order valence-electron chi connectivity index (χ1n) is 10.5. The van der Waals surface area contributed by atoms with Gasteiger partial charge in [0.25, 0.3) is 5.91 Å². The number of anilines is 3. The Morgan fingerprint density at radius 2 is 1.73 bits per heavy atom. The van der Waals surface area contributed by atoms with Crippen molar-refractivity contribution in [1.82, 2.24) is 0 Å². The van der Waals surface area contributed by atoms with Crippen LogP contribution in [0.3, 0.4) is 0 Å². The van der Waals surface area contributed by atoms with Gasteiger partial charge >= 0.3 is 0 Å². The predicted molar refractivity (Wildman–Crippen MR) is 128 cm³/mol. The van der Waals surface area contributed by atoms with E-state index in [1.807, 2.05) is 6.92 Å². The van der Waals surface area contributed by atoms with Gasteiger partial charge in [0, 0.05) is 0 Å². The van der Waals surface area contributed by atoms with E-state index in [4.69, 9.17) is 16.3 Å². The number of fused-ring (bicyclic) bond motifs is 1. The van der Waals surface area contributed by atoms with Gasteiger partial charge < -0.3 is 15.4 Å². The van der Waals surface area contributed by atoms with Crippen molar-refractivity contribution in [2.45, 2.75) is 19.4 Å². The SMILES string of the molecule is CCOc1ccccc1NC(=O)C[C@@H]1C(=O)Nc2ccccc2N1C(=O)c1ccccc1Cl. The van der Waals surface area contributed by atoms with Crippen molar-refractivity contribution in [1.29, 1.82) is 0 Å². The molecule has 1 heterocycles. The summed E-state index contributed by atoms with van der Waals surface area (Å²) in [6, 6.07) is 19.5. The third-order valence-electron chi connectivity index (χ3n) is 5.20. The second kappa shape index (κ2) is 9.75. The van der Waals surface area contributed by atoms with Crippen LogP contribution in [-0.4, -0.2) is 30.4 Å². The summed E-state index contributed by atoms with van der Waals surface area (Å²) in [6.45, 7) is 2.29. The molecule has 0 spiro atoms. The highest BCUT2D eigenvalue weighted by atomic mass is 35.5. The first-order chi connectivity index (χ1) is 16.0. The zero-order valence-corrected chi connectivity index (χ0v) is 18.6. The van der Waals surface area contributed by atoms with Gasteiger partial charge in [-0.3, -0.25) is 19.3 Å². The van der Waals surface area contributed by atoms with Gasteiger partial charge in [-0.15, -0.1) is 0 Å². The van der Waals surface area contributed by atoms with Gasteiger partial charge in [-0.2, -0.15) is 0 Å². The smallest absolute Gasteiger partial charge is 0.260 e. The summed E-state index contributed by atoms with van der Waals surface area (Å²) in [6.07, 6.45) is -0.253. The third-order valence-corrected chi connectivity index (χ3v) is 5.53. The van der Waals surface area contributed by atoms with Gasteiger partial charge in [0.2, 0.25) is 11.8 Å². The Balaban J connectivity index is 1.66. The van der Waals surface area contributed by atoms with Gasteiger partial charge in [-0.1, -0.05) is 48.0 Å². The number of carbonyl (C=O) groups is 3. The molecule has 3 aromatic rings. The van der Waals surface area contributed by atoms with Crippen molar-refractivity contribution in [3.8, 4) is 5.75 Å². The lowest BCUT2D eigenvalue weighted by Gasteiger charge is -2.36. The number of benzene rings is 3. The van der Waals surface area contributed by atoms with Crippen LogP contribution in [0.2, 0.25) is 5.02 Å². The van der Waals surface area contributed by atoms with Crippen LogP contribution >= 0.6 is 11.6 Å². The molecule has 3 amide bonds. The van der Waals surface area contributed by atoms with E-state index in [-0.39, 0.29) is 17.0 Å². The Kier molecular flexibility index (Phi) is 6.60. The van der Waals surface area contributed by atoms with Crippen LogP contribution in [0.4, 0.5) is 17.1 Å². The first-order valence-corrected chi connectivity index (χ1v) is 10.9. The average molecular weight is 464 g/mol.